The second-order valence-corrected chi connectivity index (χ2v) is 13.3. The molecule has 0 aromatic heterocycles. The first-order valence-corrected chi connectivity index (χ1v) is 14.4. The summed E-state index contributed by atoms with van der Waals surface area (Å²) < 4.78 is 24.3. The number of carbonyl (C=O) groups excluding carboxylic acids is 4. The number of ether oxygens (including phenoxy) is 4. The maximum atomic E-state index is 15.0. The molecule has 220 valence electrons. The number of hydrogen-bond donors (Lipinski definition) is 1. The van der Waals surface area contributed by atoms with Crippen molar-refractivity contribution in [1.82, 2.24) is 0 Å². The quantitative estimate of drug-likeness (QED) is 0.331. The monoisotopic (exact) mass is 566 g/mol. The summed E-state index contributed by atoms with van der Waals surface area (Å²) in [5.74, 6) is -4.08. The van der Waals surface area contributed by atoms with Crippen molar-refractivity contribution in [1.29, 1.82) is 0 Å². The summed E-state index contributed by atoms with van der Waals surface area (Å²) in [7, 11) is 0. The number of aliphatic hydroxyl groups is 1. The van der Waals surface area contributed by atoms with Gasteiger partial charge in [0.25, 0.3) is 0 Å². The summed E-state index contributed by atoms with van der Waals surface area (Å²) in [6.45, 7) is 10.1. The number of esters is 3. The van der Waals surface area contributed by atoms with Crippen molar-refractivity contribution in [3.05, 3.63) is 47.5 Å². The van der Waals surface area contributed by atoms with Crippen LogP contribution < -0.4 is 0 Å². The van der Waals surface area contributed by atoms with Crippen molar-refractivity contribution in [3.8, 4) is 0 Å². The molecule has 2 bridgehead atoms. The molecule has 9 heteroatoms. The fourth-order valence-corrected chi connectivity index (χ4v) is 9.18. The molecule has 4 aliphatic carbocycles. The molecule has 6 rings (SSSR count). The predicted molar refractivity (Wildman–Crippen MR) is 144 cm³/mol. The van der Waals surface area contributed by atoms with Gasteiger partial charge < -0.3 is 24.1 Å². The Hall–Kier alpha value is -3.04. The smallest absolute Gasteiger partial charge is 0.338 e. The maximum absolute atomic E-state index is 15.0. The molecule has 1 heterocycles. The van der Waals surface area contributed by atoms with Crippen molar-refractivity contribution in [3.63, 3.8) is 0 Å². The minimum atomic E-state index is -1.71. The lowest BCUT2D eigenvalue weighted by atomic mass is 9.47. The van der Waals surface area contributed by atoms with E-state index in [1.807, 2.05) is 33.8 Å². The number of carbonyl (C=O) groups is 4. The number of Topliss-reactive ketones (excluding diaryl/α,β-unsaturated/α-hetero) is 1. The van der Waals surface area contributed by atoms with Gasteiger partial charge in [-0.15, -0.1) is 0 Å². The van der Waals surface area contributed by atoms with Crippen LogP contribution in [-0.2, 0) is 33.3 Å². The van der Waals surface area contributed by atoms with Crippen LogP contribution in [0.15, 0.2) is 42.0 Å². The molecule has 9 nitrogen and oxygen atoms in total. The third kappa shape index (κ3) is 3.54. The van der Waals surface area contributed by atoms with Gasteiger partial charge in [0.2, 0.25) is 0 Å². The largest absolute Gasteiger partial charge is 0.455 e. The van der Waals surface area contributed by atoms with E-state index in [1.165, 1.54) is 13.8 Å². The van der Waals surface area contributed by atoms with E-state index < -0.39 is 70.1 Å². The van der Waals surface area contributed by atoms with Crippen molar-refractivity contribution >= 4 is 23.7 Å². The van der Waals surface area contributed by atoms with Crippen LogP contribution >= 0.6 is 0 Å². The Balaban J connectivity index is 1.62. The number of ketones is 1. The van der Waals surface area contributed by atoms with Crippen LogP contribution in [0, 0.1) is 34.5 Å². The summed E-state index contributed by atoms with van der Waals surface area (Å²) in [5, 5.41) is 12.9. The highest BCUT2D eigenvalue weighted by Crippen LogP contribution is 2.77. The molecule has 1 aromatic carbocycles. The first-order valence-electron chi connectivity index (χ1n) is 14.4. The van der Waals surface area contributed by atoms with Crippen molar-refractivity contribution < 1.29 is 43.2 Å². The molecule has 1 spiro atoms. The van der Waals surface area contributed by atoms with Gasteiger partial charge in [0.15, 0.2) is 17.5 Å². The zero-order chi connectivity index (χ0) is 29.7. The van der Waals surface area contributed by atoms with Gasteiger partial charge in [0.1, 0.15) is 17.8 Å². The minimum absolute atomic E-state index is 0.00278. The lowest BCUT2D eigenvalue weighted by Crippen LogP contribution is -2.78. The molecule has 1 aromatic rings. The van der Waals surface area contributed by atoms with E-state index in [2.05, 4.69) is 0 Å². The van der Waals surface area contributed by atoms with Crippen molar-refractivity contribution in [2.75, 3.05) is 6.61 Å². The molecule has 1 N–H and O–H groups in total. The van der Waals surface area contributed by atoms with E-state index in [1.54, 1.807) is 30.3 Å². The van der Waals surface area contributed by atoms with Crippen LogP contribution in [0.2, 0.25) is 0 Å². The Morgan fingerprint density at radius 1 is 1.05 bits per heavy atom. The van der Waals surface area contributed by atoms with Crippen molar-refractivity contribution in [2.45, 2.75) is 83.9 Å². The molecular formula is C32H38O9. The fraction of sp³-hybridized carbons (Fsp3) is 0.625. The van der Waals surface area contributed by atoms with Crippen LogP contribution in [0.1, 0.15) is 64.7 Å². The summed E-state index contributed by atoms with van der Waals surface area (Å²) in [4.78, 5) is 53.8. The van der Waals surface area contributed by atoms with Gasteiger partial charge in [0, 0.05) is 30.6 Å². The molecule has 5 aliphatic rings. The molecule has 0 amide bonds. The van der Waals surface area contributed by atoms with E-state index in [0.29, 0.717) is 12.0 Å². The summed E-state index contributed by atoms with van der Waals surface area (Å²) in [6.07, 6.45) is -0.505. The van der Waals surface area contributed by atoms with Gasteiger partial charge in [0.05, 0.1) is 18.1 Å². The highest BCUT2D eigenvalue weighted by Gasteiger charge is 2.86. The molecule has 3 saturated carbocycles. The standard InChI is InChI=1S/C32H38O9/c1-16-12-13-31(37)27(40-28(36)20-10-8-7-9-11-20)25-30(41-19(4)34)15-38-22(30)14-21-17(2)32(21,25)26(35)24(39-18(3)33)23(16)29(31,5)6/h7-12,17,21-25,27,37H,13-15H2,1-6H3/t17?,21?,22-,23?,24-,25?,27?,30+,31-,32?/m1/s1. The highest BCUT2D eigenvalue weighted by atomic mass is 16.6. The Bertz CT molecular complexity index is 1350. The minimum Gasteiger partial charge on any atom is -0.455 e. The number of fused-ring (bicyclic) bond motifs is 4. The lowest BCUT2D eigenvalue weighted by Gasteiger charge is -2.64. The molecule has 4 fully saturated rings. The Labute approximate surface area is 239 Å². The SMILES string of the molecule is CC(=O)O[C@H]1C(=O)C23C(C)C2C[C@H]2OC[C@@]2(OC(C)=O)C3C(OC(=O)c2ccccc2)[C@]2(O)CC=C(C)C1C2(C)C. The van der Waals surface area contributed by atoms with Crippen LogP contribution in [-0.4, -0.2) is 64.9 Å². The van der Waals surface area contributed by atoms with Gasteiger partial charge in [-0.2, -0.15) is 0 Å². The van der Waals surface area contributed by atoms with E-state index in [9.17, 15) is 24.3 Å². The van der Waals surface area contributed by atoms with E-state index in [-0.39, 0.29) is 30.6 Å². The molecular weight excluding hydrogens is 528 g/mol. The lowest BCUT2D eigenvalue weighted by molar-refractivity contribution is -0.326. The average molecular weight is 567 g/mol. The molecule has 1 aliphatic heterocycles. The molecule has 0 radical (unpaired) electrons. The van der Waals surface area contributed by atoms with Gasteiger partial charge in [-0.25, -0.2) is 4.79 Å². The first kappa shape index (κ1) is 28.1. The molecule has 10 atom stereocenters. The van der Waals surface area contributed by atoms with Gasteiger partial charge in [-0.3, -0.25) is 14.4 Å². The van der Waals surface area contributed by atoms with Crippen molar-refractivity contribution in [2.24, 2.45) is 34.5 Å². The Morgan fingerprint density at radius 3 is 2.32 bits per heavy atom. The highest BCUT2D eigenvalue weighted by molar-refractivity contribution is 5.96. The Kier molecular flexibility index (Phi) is 6.15. The van der Waals surface area contributed by atoms with Crippen LogP contribution in [0.3, 0.4) is 0 Å². The van der Waals surface area contributed by atoms with Crippen LogP contribution in [0.4, 0.5) is 0 Å². The molecule has 1 saturated heterocycles. The second-order valence-electron chi connectivity index (χ2n) is 13.3. The van der Waals surface area contributed by atoms with E-state index >= 15 is 0 Å². The van der Waals surface area contributed by atoms with Gasteiger partial charge in [-0.1, -0.05) is 50.6 Å². The van der Waals surface area contributed by atoms with Gasteiger partial charge in [-0.05, 0) is 43.7 Å². The normalized spacial score (nSPS) is 43.3. The maximum Gasteiger partial charge on any atom is 0.338 e. The van der Waals surface area contributed by atoms with Crippen LogP contribution in [0.25, 0.3) is 0 Å². The van der Waals surface area contributed by atoms with Crippen LogP contribution in [0.5, 0.6) is 0 Å². The zero-order valence-corrected chi connectivity index (χ0v) is 24.3. The summed E-state index contributed by atoms with van der Waals surface area (Å²) in [5.41, 5.74) is -4.17. The zero-order valence-electron chi connectivity index (χ0n) is 24.3. The third-order valence-electron chi connectivity index (χ3n) is 11.2. The number of hydrogen-bond acceptors (Lipinski definition) is 9. The second kappa shape index (κ2) is 8.98. The summed E-state index contributed by atoms with van der Waals surface area (Å²) >= 11 is 0. The first-order chi connectivity index (χ1) is 19.2. The average Bonchev–Trinajstić information content (AvgIpc) is 3.49. The molecule has 6 unspecified atom stereocenters. The summed E-state index contributed by atoms with van der Waals surface area (Å²) in [6, 6.07) is 8.49. The van der Waals surface area contributed by atoms with E-state index in [0.717, 1.165) is 5.57 Å². The number of benzene rings is 1. The van der Waals surface area contributed by atoms with E-state index in [4.69, 9.17) is 18.9 Å². The topological polar surface area (TPSA) is 125 Å². The third-order valence-corrected chi connectivity index (χ3v) is 11.2. The van der Waals surface area contributed by atoms with Gasteiger partial charge >= 0.3 is 17.9 Å². The predicted octanol–water partition coefficient (Wildman–Crippen LogP) is 3.42. The number of rotatable bonds is 4. The Morgan fingerprint density at radius 2 is 1.73 bits per heavy atom. The molecule has 41 heavy (non-hydrogen) atoms. The fourth-order valence-electron chi connectivity index (χ4n) is 9.18.